The van der Waals surface area contributed by atoms with Crippen molar-refractivity contribution in [3.8, 4) is 22.5 Å². The molecule has 0 radical (unpaired) electrons. The van der Waals surface area contributed by atoms with Gasteiger partial charge in [-0.05, 0) is 97.6 Å². The summed E-state index contributed by atoms with van der Waals surface area (Å²) in [6, 6.07) is 18.1. The normalized spacial score (nSPS) is 11.6. The zero-order chi connectivity index (χ0) is 78.2. The molecule has 30 nitrogen and oxygen atoms in total. The summed E-state index contributed by atoms with van der Waals surface area (Å²) >= 11 is 0. The number of rotatable bonds is 23. The van der Waals surface area contributed by atoms with Crippen LogP contribution >= 0.6 is 0 Å². The number of carbonyl (C=O) groups excluding carboxylic acids is 5. The summed E-state index contributed by atoms with van der Waals surface area (Å²) < 4.78 is 152. The zero-order valence-electron chi connectivity index (χ0n) is 61.3. The third-order valence-corrected chi connectivity index (χ3v) is 21.1. The van der Waals surface area contributed by atoms with Gasteiger partial charge in [0, 0.05) is 80.8 Å². The molecule has 0 spiro atoms. The van der Waals surface area contributed by atoms with Crippen molar-refractivity contribution in [1.82, 2.24) is 22.8 Å². The lowest BCUT2D eigenvalue weighted by Crippen LogP contribution is -2.19. The second-order valence-electron chi connectivity index (χ2n) is 22.8. The fraction of sp³-hybridized carbons (Fsp3) is 0.448. The molecule has 0 fully saturated rings. The minimum atomic E-state index is -4.11. The van der Waals surface area contributed by atoms with Crippen molar-refractivity contribution in [2.24, 2.45) is 60.9 Å². The van der Waals surface area contributed by atoms with Crippen molar-refractivity contribution in [3.63, 3.8) is 0 Å². The molecule has 0 amide bonds. The molecule has 10 N–H and O–H groups in total. The van der Waals surface area contributed by atoms with Gasteiger partial charge in [-0.1, -0.05) is 109 Å². The maximum atomic E-state index is 12.4. The van der Waals surface area contributed by atoms with Crippen molar-refractivity contribution < 1.29 is 89.7 Å². The Bertz CT molecular complexity index is 4800. The van der Waals surface area contributed by atoms with Gasteiger partial charge in [0.1, 0.15) is 52.3 Å². The molecule has 0 aliphatic heterocycles. The number of carbonyl (C=O) groups is 5. The number of hydrogen-bond acceptors (Lipinski definition) is 20. The van der Waals surface area contributed by atoms with Crippen LogP contribution in [0.4, 0.5) is 0 Å². The Labute approximate surface area is 599 Å². The third-order valence-electron chi connectivity index (χ3n) is 16.1. The molecular formula is C67H98N10O20S5. The summed E-state index contributed by atoms with van der Waals surface area (Å²) in [7, 11) is -11.5. The Morgan fingerprint density at radius 2 is 0.598 bits per heavy atom. The molecule has 7 rings (SSSR count). The topological polar surface area (TPSA) is 457 Å². The van der Waals surface area contributed by atoms with E-state index in [1.807, 2.05) is 77.9 Å². The largest absolute Gasteiger partial charge is 0.462 e. The first-order valence-corrected chi connectivity index (χ1v) is 40.2. The van der Waals surface area contributed by atoms with Crippen molar-refractivity contribution in [3.05, 3.63) is 134 Å². The Morgan fingerprint density at radius 1 is 0.333 bits per heavy atom. The Kier molecular flexibility index (Phi) is 31.7. The number of primary sulfonamides is 5. The van der Waals surface area contributed by atoms with Gasteiger partial charge < -0.3 is 46.5 Å². The first-order valence-electron chi connectivity index (χ1n) is 32.4. The standard InChI is InChI=1S/2C16H20N2O4S.C13H22N2O4S.2C11H18N2O4S/c1-4-12-15(23(17,20)21)13(16(19)22-5-2)14(18(12)3)11-9-7-6-8-10-11;1-4-12-13(16(19)22-5-2)15(23(17,20)21)14(18(12)3)11-9-7-6-8-10-11;1-6-9-10(13(16)19-7-2)12(20(14,17)18)11(8(3)4)15(9)5;1-5-8-9(11(14)17-6-2)10(18(12,15)16)7(3)13(8)4;1-5-8-10(18(12,15)16)9(7(3)13(8)4)11(14)17-6-2/h2*6-10H,4-5H2,1-3H3,(H2,17,20,21);8H,6-7H2,1-5H3,(H2,14,17,18);2*5-6H2,1-4H3,(H2,12,15,16). The minimum Gasteiger partial charge on any atom is -0.462 e. The van der Waals surface area contributed by atoms with E-state index in [0.717, 1.165) is 5.56 Å². The first kappa shape index (κ1) is 88.0. The van der Waals surface area contributed by atoms with Crippen LogP contribution in [0.5, 0.6) is 0 Å². The fourth-order valence-corrected chi connectivity index (χ4v) is 17.3. The van der Waals surface area contributed by atoms with Crippen LogP contribution < -0.4 is 25.7 Å². The van der Waals surface area contributed by atoms with E-state index in [-0.39, 0.29) is 91.2 Å². The highest BCUT2D eigenvalue weighted by Gasteiger charge is 2.37. The van der Waals surface area contributed by atoms with Crippen LogP contribution in [-0.2, 0) is 141 Å². The highest BCUT2D eigenvalue weighted by molar-refractivity contribution is 7.90. The van der Waals surface area contributed by atoms with Crippen LogP contribution in [0.25, 0.3) is 22.5 Å². The highest BCUT2D eigenvalue weighted by atomic mass is 32.2. The molecule has 2 aromatic carbocycles. The Morgan fingerprint density at radius 3 is 0.931 bits per heavy atom. The van der Waals surface area contributed by atoms with Gasteiger partial charge >= 0.3 is 29.8 Å². The second-order valence-corrected chi connectivity index (χ2v) is 30.3. The van der Waals surface area contributed by atoms with Crippen LogP contribution in [0.2, 0.25) is 0 Å². The number of benzene rings is 2. The lowest BCUT2D eigenvalue weighted by Gasteiger charge is -2.10. The number of sulfonamides is 5. The molecule has 0 aliphatic rings. The van der Waals surface area contributed by atoms with E-state index in [9.17, 15) is 66.1 Å². The van der Waals surface area contributed by atoms with Crippen molar-refractivity contribution in [1.29, 1.82) is 0 Å². The van der Waals surface area contributed by atoms with E-state index in [1.54, 1.807) is 138 Å². The number of hydrogen-bond donors (Lipinski definition) is 5. The molecule has 0 saturated carbocycles. The minimum absolute atomic E-state index is 0.0000926. The summed E-state index contributed by atoms with van der Waals surface area (Å²) in [5.41, 5.74) is 6.79. The average molecular weight is 1520 g/mol. The van der Waals surface area contributed by atoms with Gasteiger partial charge in [0.2, 0.25) is 50.1 Å². The van der Waals surface area contributed by atoms with Crippen molar-refractivity contribution in [2.75, 3.05) is 33.0 Å². The van der Waals surface area contributed by atoms with E-state index < -0.39 is 80.0 Å². The molecule has 5 heterocycles. The molecular weight excluding hydrogens is 1430 g/mol. The molecule has 102 heavy (non-hydrogen) atoms. The molecule has 0 saturated heterocycles. The number of ether oxygens (including phenoxy) is 5. The second kappa shape index (κ2) is 36.7. The first-order chi connectivity index (χ1) is 47.3. The molecule has 5 aromatic heterocycles. The maximum absolute atomic E-state index is 12.4. The van der Waals surface area contributed by atoms with Gasteiger partial charge in [0.15, 0.2) is 0 Å². The van der Waals surface area contributed by atoms with Gasteiger partial charge in [-0.15, -0.1) is 0 Å². The van der Waals surface area contributed by atoms with Gasteiger partial charge in [-0.2, -0.15) is 0 Å². The van der Waals surface area contributed by atoms with Crippen molar-refractivity contribution in [2.45, 2.75) is 159 Å². The van der Waals surface area contributed by atoms with Gasteiger partial charge in [-0.25, -0.2) is 91.8 Å². The predicted molar refractivity (Wildman–Crippen MR) is 385 cm³/mol. The molecule has 0 unspecified atom stereocenters. The summed E-state index contributed by atoms with van der Waals surface area (Å²) in [6.45, 7) is 25.3. The Hall–Kier alpha value is -8.26. The predicted octanol–water partition coefficient (Wildman–Crippen LogP) is 7.13. The number of esters is 5. The van der Waals surface area contributed by atoms with E-state index >= 15 is 0 Å². The monoisotopic (exact) mass is 1520 g/mol. The van der Waals surface area contributed by atoms with E-state index in [1.165, 1.54) is 0 Å². The lowest BCUT2D eigenvalue weighted by atomic mass is 10.1. The van der Waals surface area contributed by atoms with Gasteiger partial charge in [0.25, 0.3) is 0 Å². The van der Waals surface area contributed by atoms with Crippen LogP contribution in [-0.4, -0.2) is 128 Å². The summed E-state index contributed by atoms with van der Waals surface area (Å²) in [5.74, 6) is -3.40. The molecule has 0 atom stereocenters. The number of nitrogens with zero attached hydrogens (tertiary/aromatic N) is 5. The molecule has 566 valence electrons. The zero-order valence-corrected chi connectivity index (χ0v) is 65.3. The summed E-state index contributed by atoms with van der Waals surface area (Å²) in [5, 5.41) is 26.5. The number of nitrogens with two attached hydrogens (primary N) is 5. The smallest absolute Gasteiger partial charge is 0.341 e. The third kappa shape index (κ3) is 19.9. The van der Waals surface area contributed by atoms with E-state index in [4.69, 9.17) is 49.4 Å². The number of aromatic nitrogens is 5. The van der Waals surface area contributed by atoms with E-state index in [0.29, 0.717) is 94.6 Å². The fourth-order valence-electron chi connectivity index (χ4n) is 11.9. The van der Waals surface area contributed by atoms with Crippen LogP contribution in [0, 0.1) is 13.8 Å². The van der Waals surface area contributed by atoms with Gasteiger partial charge in [0.05, 0.1) is 44.4 Å². The summed E-state index contributed by atoms with van der Waals surface area (Å²) in [4.78, 5) is 60.0. The Balaban J connectivity index is 0.000000333. The lowest BCUT2D eigenvalue weighted by molar-refractivity contribution is 0.0511. The molecule has 7 aromatic rings. The van der Waals surface area contributed by atoms with Crippen LogP contribution in [0.3, 0.4) is 0 Å². The van der Waals surface area contributed by atoms with Crippen molar-refractivity contribution >= 4 is 80.0 Å². The van der Waals surface area contributed by atoms with E-state index in [2.05, 4.69) is 0 Å². The summed E-state index contributed by atoms with van der Waals surface area (Å²) in [6.07, 6.45) is 2.38. The van der Waals surface area contributed by atoms with Crippen LogP contribution in [0.15, 0.2) is 85.1 Å². The highest BCUT2D eigenvalue weighted by Crippen LogP contribution is 2.38. The quantitative estimate of drug-likeness (QED) is 0.0314. The molecule has 35 heteroatoms. The molecule has 0 aliphatic carbocycles. The van der Waals surface area contributed by atoms with Gasteiger partial charge in [-0.3, -0.25) is 0 Å². The average Bonchev–Trinajstić information content (AvgIpc) is 1.63. The SMILES string of the molecule is CCOC(=O)c1c(S(N)(=O)=O)c(-c2ccccc2)n(C)c1CC.CCOC(=O)c1c(S(N)(=O)=O)c(C(C)C)n(C)c1CC.CCOC(=O)c1c(S(N)(=O)=O)c(C)n(C)c1CC.CCOC(=O)c1c(S(N)(=O)=O)c(CC)n(C)c1-c1ccccc1.CCOC(=O)c1c(S(N)(=O)=O)c(CC)n(C)c1C. The molecule has 0 bridgehead atoms. The maximum Gasteiger partial charge on any atom is 0.341 e. The van der Waals surface area contributed by atoms with Crippen LogP contribution in [0.1, 0.15) is 186 Å².